The van der Waals surface area contributed by atoms with Crippen LogP contribution >= 0.6 is 23.2 Å². The number of nitrogens with zero attached hydrogens (tertiary/aromatic N) is 1. The van der Waals surface area contributed by atoms with Crippen molar-refractivity contribution < 1.29 is 4.79 Å². The van der Waals surface area contributed by atoms with Crippen molar-refractivity contribution >= 4 is 34.8 Å². The highest BCUT2D eigenvalue weighted by Gasteiger charge is 2.04. The van der Waals surface area contributed by atoms with E-state index < -0.39 is 5.91 Å². The topological polar surface area (TPSA) is 52.9 Å². The minimum atomic E-state index is -0.774. The summed E-state index contributed by atoms with van der Waals surface area (Å²) in [7, 11) is 0. The zero-order chi connectivity index (χ0) is 9.84. The van der Waals surface area contributed by atoms with Crippen LogP contribution in [-0.4, -0.2) is 5.91 Å². The predicted molar refractivity (Wildman–Crippen MR) is 50.7 cm³/mol. The number of halogens is 2. The third-order valence-electron chi connectivity index (χ3n) is 1.28. The summed E-state index contributed by atoms with van der Waals surface area (Å²) >= 11 is 11.4. The maximum atomic E-state index is 10.7. The third kappa shape index (κ3) is 2.62. The van der Waals surface area contributed by atoms with Gasteiger partial charge in [-0.05, 0) is 18.2 Å². The van der Waals surface area contributed by atoms with Crippen molar-refractivity contribution in [3.8, 4) is 6.07 Å². The molecule has 3 nitrogen and oxygen atoms in total. The fraction of sp³-hybridized carbons (Fsp3) is 0. The van der Waals surface area contributed by atoms with Crippen LogP contribution in [0.3, 0.4) is 0 Å². The Balaban J connectivity index is 2.95. The lowest BCUT2D eigenvalue weighted by Crippen LogP contribution is -2.08. The Morgan fingerprint density at radius 1 is 1.46 bits per heavy atom. The Labute approximate surface area is 84.9 Å². The molecule has 0 aliphatic carbocycles. The number of rotatable bonds is 1. The maximum Gasteiger partial charge on any atom is 0.326 e. The number of amides is 1. The van der Waals surface area contributed by atoms with Gasteiger partial charge in [-0.25, -0.2) is 0 Å². The Bertz CT molecular complexity index is 384. The lowest BCUT2D eigenvalue weighted by atomic mass is 10.3. The number of nitrogens with one attached hydrogen (secondary N) is 1. The van der Waals surface area contributed by atoms with E-state index in [2.05, 4.69) is 5.32 Å². The Kier molecular flexibility index (Phi) is 3.13. The molecule has 0 heterocycles. The lowest BCUT2D eigenvalue weighted by Gasteiger charge is -2.02. The fourth-order valence-electron chi connectivity index (χ4n) is 0.744. The molecule has 0 radical (unpaired) electrons. The van der Waals surface area contributed by atoms with Gasteiger partial charge in [0, 0.05) is 5.02 Å². The van der Waals surface area contributed by atoms with E-state index in [1.807, 2.05) is 0 Å². The average Bonchev–Trinajstić information content (AvgIpc) is 2.11. The van der Waals surface area contributed by atoms with Gasteiger partial charge in [-0.1, -0.05) is 23.2 Å². The Morgan fingerprint density at radius 3 is 2.77 bits per heavy atom. The zero-order valence-corrected chi connectivity index (χ0v) is 7.86. The van der Waals surface area contributed by atoms with Crippen molar-refractivity contribution in [3.05, 3.63) is 28.2 Å². The molecule has 1 rings (SSSR count). The van der Waals surface area contributed by atoms with Gasteiger partial charge in [-0.3, -0.25) is 4.79 Å². The first-order chi connectivity index (χ1) is 6.13. The van der Waals surface area contributed by atoms with Crippen molar-refractivity contribution in [2.24, 2.45) is 0 Å². The molecule has 0 aromatic heterocycles. The van der Waals surface area contributed by atoms with Crippen LogP contribution in [0.2, 0.25) is 10.0 Å². The predicted octanol–water partition coefficient (Wildman–Crippen LogP) is 2.46. The average molecular weight is 215 g/mol. The molecule has 5 heteroatoms. The summed E-state index contributed by atoms with van der Waals surface area (Å²) < 4.78 is 0. The van der Waals surface area contributed by atoms with Crippen molar-refractivity contribution in [2.75, 3.05) is 5.32 Å². The monoisotopic (exact) mass is 214 g/mol. The molecule has 0 bridgehead atoms. The SMILES string of the molecule is N#CC(=O)Nc1cc(Cl)ccc1Cl. The first-order valence-corrected chi connectivity index (χ1v) is 4.05. The van der Waals surface area contributed by atoms with E-state index in [9.17, 15) is 4.79 Å². The molecule has 1 amide bonds. The molecule has 13 heavy (non-hydrogen) atoms. The lowest BCUT2D eigenvalue weighted by molar-refractivity contribution is -0.111. The second-order valence-corrected chi connectivity index (χ2v) is 3.03. The van der Waals surface area contributed by atoms with Crippen LogP contribution in [0.1, 0.15) is 0 Å². The van der Waals surface area contributed by atoms with E-state index in [0.717, 1.165) is 0 Å². The minimum absolute atomic E-state index is 0.334. The van der Waals surface area contributed by atoms with Crippen LogP contribution in [0.15, 0.2) is 18.2 Å². The zero-order valence-electron chi connectivity index (χ0n) is 6.34. The molecule has 0 unspecified atom stereocenters. The Hall–Kier alpha value is -1.24. The number of benzene rings is 1. The first kappa shape index (κ1) is 9.85. The summed E-state index contributed by atoms with van der Waals surface area (Å²) in [6.07, 6.45) is 0. The second-order valence-electron chi connectivity index (χ2n) is 2.19. The number of hydrogen-bond donors (Lipinski definition) is 1. The van der Waals surface area contributed by atoms with Crippen molar-refractivity contribution in [2.45, 2.75) is 0 Å². The Morgan fingerprint density at radius 2 is 2.15 bits per heavy atom. The summed E-state index contributed by atoms with van der Waals surface area (Å²) in [6.45, 7) is 0. The summed E-state index contributed by atoms with van der Waals surface area (Å²) in [5.41, 5.74) is 0.334. The molecule has 1 aromatic carbocycles. The van der Waals surface area contributed by atoms with Gasteiger partial charge in [-0.2, -0.15) is 5.26 Å². The molecule has 1 aromatic rings. The van der Waals surface area contributed by atoms with E-state index in [0.29, 0.717) is 15.7 Å². The molecule has 0 aliphatic rings. The molecule has 66 valence electrons. The van der Waals surface area contributed by atoms with Gasteiger partial charge in [-0.15, -0.1) is 0 Å². The molecular formula is C8H4Cl2N2O. The standard InChI is InChI=1S/C8H4Cl2N2O/c9-5-1-2-6(10)7(3-5)12-8(13)4-11/h1-3H,(H,12,13). The van der Waals surface area contributed by atoms with Gasteiger partial charge >= 0.3 is 5.91 Å². The summed E-state index contributed by atoms with van der Waals surface area (Å²) in [5, 5.41) is 11.3. The number of nitriles is 1. The van der Waals surface area contributed by atoms with Gasteiger partial charge in [0.2, 0.25) is 0 Å². The van der Waals surface area contributed by atoms with Crippen molar-refractivity contribution in [3.63, 3.8) is 0 Å². The van der Waals surface area contributed by atoms with E-state index >= 15 is 0 Å². The van der Waals surface area contributed by atoms with E-state index in [4.69, 9.17) is 28.5 Å². The number of carbonyl (C=O) groups is 1. The van der Waals surface area contributed by atoms with Gasteiger partial charge in [0.15, 0.2) is 6.07 Å². The molecule has 0 fully saturated rings. The highest BCUT2D eigenvalue weighted by atomic mass is 35.5. The van der Waals surface area contributed by atoms with Crippen LogP contribution < -0.4 is 5.32 Å². The van der Waals surface area contributed by atoms with Crippen LogP contribution in [0.5, 0.6) is 0 Å². The molecule has 1 N–H and O–H groups in total. The van der Waals surface area contributed by atoms with Crippen LogP contribution in [0.25, 0.3) is 0 Å². The smallest absolute Gasteiger partial charge is 0.312 e. The van der Waals surface area contributed by atoms with E-state index in [1.54, 1.807) is 6.07 Å². The maximum absolute atomic E-state index is 10.7. The molecule has 0 spiro atoms. The van der Waals surface area contributed by atoms with Crippen molar-refractivity contribution in [1.82, 2.24) is 0 Å². The third-order valence-corrected chi connectivity index (χ3v) is 1.84. The van der Waals surface area contributed by atoms with Gasteiger partial charge in [0.1, 0.15) is 0 Å². The highest BCUT2D eigenvalue weighted by Crippen LogP contribution is 2.25. The van der Waals surface area contributed by atoms with Gasteiger partial charge in [0.25, 0.3) is 0 Å². The summed E-state index contributed by atoms with van der Waals surface area (Å²) in [6, 6.07) is 6.01. The largest absolute Gasteiger partial charge is 0.326 e. The van der Waals surface area contributed by atoms with E-state index in [1.165, 1.54) is 18.2 Å². The van der Waals surface area contributed by atoms with Crippen LogP contribution in [0, 0.1) is 11.3 Å². The number of anilines is 1. The van der Waals surface area contributed by atoms with Crippen molar-refractivity contribution in [1.29, 1.82) is 5.26 Å². The highest BCUT2D eigenvalue weighted by molar-refractivity contribution is 6.35. The summed E-state index contributed by atoms with van der Waals surface area (Å²) in [5.74, 6) is -0.774. The normalized spacial score (nSPS) is 9.00. The van der Waals surface area contributed by atoms with Gasteiger partial charge in [0.05, 0.1) is 10.7 Å². The summed E-state index contributed by atoms with van der Waals surface area (Å²) in [4.78, 5) is 10.7. The molecule has 0 aliphatic heterocycles. The minimum Gasteiger partial charge on any atom is -0.312 e. The van der Waals surface area contributed by atoms with E-state index in [-0.39, 0.29) is 0 Å². The molecule has 0 atom stereocenters. The number of carbonyl (C=O) groups excluding carboxylic acids is 1. The quantitative estimate of drug-likeness (QED) is 0.731. The fourth-order valence-corrected chi connectivity index (χ4v) is 1.08. The molecule has 0 saturated heterocycles. The van der Waals surface area contributed by atoms with Crippen LogP contribution in [0.4, 0.5) is 5.69 Å². The number of hydrogen-bond acceptors (Lipinski definition) is 2. The first-order valence-electron chi connectivity index (χ1n) is 3.29. The molecule has 0 saturated carbocycles. The molecular weight excluding hydrogens is 211 g/mol. The van der Waals surface area contributed by atoms with Crippen LogP contribution in [-0.2, 0) is 4.79 Å². The second kappa shape index (κ2) is 4.13. The van der Waals surface area contributed by atoms with Gasteiger partial charge < -0.3 is 5.32 Å².